The Hall–Kier alpha value is -1.57. The summed E-state index contributed by atoms with van der Waals surface area (Å²) in [6, 6.07) is 9.89. The van der Waals surface area contributed by atoms with E-state index in [0.717, 1.165) is 31.3 Å². The van der Waals surface area contributed by atoms with Gasteiger partial charge in [-0.15, -0.1) is 0 Å². The Morgan fingerprint density at radius 1 is 1.29 bits per heavy atom. The summed E-state index contributed by atoms with van der Waals surface area (Å²) in [6.07, 6.45) is 2.67. The van der Waals surface area contributed by atoms with Crippen LogP contribution in [0.2, 0.25) is 0 Å². The lowest BCUT2D eigenvalue weighted by Crippen LogP contribution is -2.37. The number of hydrogen-bond donors (Lipinski definition) is 1. The van der Waals surface area contributed by atoms with Crippen molar-refractivity contribution in [3.05, 3.63) is 29.8 Å². The van der Waals surface area contributed by atoms with E-state index in [-0.39, 0.29) is 6.61 Å². The van der Waals surface area contributed by atoms with Crippen molar-refractivity contribution in [3.8, 4) is 11.8 Å². The molecule has 0 atom stereocenters. The van der Waals surface area contributed by atoms with E-state index in [0.29, 0.717) is 0 Å². The van der Waals surface area contributed by atoms with Crippen molar-refractivity contribution in [1.82, 2.24) is 10.2 Å². The lowest BCUT2D eigenvalue weighted by atomic mass is 9.99. The van der Waals surface area contributed by atoms with E-state index in [2.05, 4.69) is 17.1 Å². The number of likely N-dealkylation sites (tertiary alicyclic amines) is 1. The van der Waals surface area contributed by atoms with Gasteiger partial charge in [-0.25, -0.2) is 0 Å². The van der Waals surface area contributed by atoms with Crippen LogP contribution in [-0.2, 0) is 6.54 Å². The second kappa shape index (κ2) is 8.66. The molecule has 0 saturated carbocycles. The predicted octanol–water partition coefficient (Wildman–Crippen LogP) is 2.41. The number of nitrogens with one attached hydrogen (secondary N) is 1. The van der Waals surface area contributed by atoms with Gasteiger partial charge < -0.3 is 15.0 Å². The van der Waals surface area contributed by atoms with Crippen molar-refractivity contribution in [2.24, 2.45) is 5.92 Å². The summed E-state index contributed by atoms with van der Waals surface area (Å²) in [6.45, 7) is 7.98. The van der Waals surface area contributed by atoms with E-state index in [4.69, 9.17) is 10.00 Å². The molecule has 0 spiro atoms. The van der Waals surface area contributed by atoms with E-state index in [9.17, 15) is 0 Å². The largest absolute Gasteiger partial charge is 0.479 e. The van der Waals surface area contributed by atoms with Gasteiger partial charge in [0.2, 0.25) is 0 Å². The first-order chi connectivity index (χ1) is 10.3. The Balaban J connectivity index is 1.61. The van der Waals surface area contributed by atoms with Crippen LogP contribution in [0.15, 0.2) is 24.3 Å². The highest BCUT2D eigenvalue weighted by Crippen LogP contribution is 2.15. The van der Waals surface area contributed by atoms with Crippen LogP contribution in [0.1, 0.15) is 25.3 Å². The maximum Gasteiger partial charge on any atom is 0.174 e. The third-order valence-corrected chi connectivity index (χ3v) is 4.04. The number of nitriles is 1. The zero-order chi connectivity index (χ0) is 14.9. The molecule has 1 aromatic rings. The molecule has 4 nitrogen and oxygen atoms in total. The van der Waals surface area contributed by atoms with Gasteiger partial charge in [0.25, 0.3) is 0 Å². The number of hydrogen-bond acceptors (Lipinski definition) is 4. The van der Waals surface area contributed by atoms with E-state index in [1.807, 2.05) is 30.3 Å². The highest BCUT2D eigenvalue weighted by molar-refractivity contribution is 5.27. The molecule has 1 heterocycles. The van der Waals surface area contributed by atoms with Crippen molar-refractivity contribution < 1.29 is 4.74 Å². The monoisotopic (exact) mass is 287 g/mol. The van der Waals surface area contributed by atoms with E-state index < -0.39 is 0 Å². The molecule has 1 aliphatic heterocycles. The second-order valence-corrected chi connectivity index (χ2v) is 5.79. The normalized spacial score (nSPS) is 16.6. The molecule has 114 valence electrons. The zero-order valence-electron chi connectivity index (χ0n) is 12.8. The molecule has 2 rings (SSSR count). The first-order valence-corrected chi connectivity index (χ1v) is 7.79. The fraction of sp³-hybridized carbons (Fsp3) is 0.588. The number of benzene rings is 1. The van der Waals surface area contributed by atoms with Gasteiger partial charge in [-0.3, -0.25) is 0 Å². The predicted molar refractivity (Wildman–Crippen MR) is 84.1 cm³/mol. The molecule has 0 amide bonds. The molecule has 1 aliphatic rings. The molecule has 21 heavy (non-hydrogen) atoms. The van der Waals surface area contributed by atoms with Crippen LogP contribution in [-0.4, -0.2) is 37.7 Å². The Kier molecular flexibility index (Phi) is 6.52. The zero-order valence-corrected chi connectivity index (χ0v) is 12.8. The highest BCUT2D eigenvalue weighted by Gasteiger charge is 2.14. The van der Waals surface area contributed by atoms with Crippen LogP contribution in [0.3, 0.4) is 0 Å². The quantitative estimate of drug-likeness (QED) is 0.782. The molecular formula is C17H25N3O. The van der Waals surface area contributed by atoms with E-state index in [1.54, 1.807) is 0 Å². The highest BCUT2D eigenvalue weighted by atomic mass is 16.5. The summed E-state index contributed by atoms with van der Waals surface area (Å²) < 4.78 is 5.24. The lowest BCUT2D eigenvalue weighted by Gasteiger charge is -2.30. The van der Waals surface area contributed by atoms with Crippen LogP contribution in [0.25, 0.3) is 0 Å². The maximum absolute atomic E-state index is 8.46. The minimum Gasteiger partial charge on any atom is -0.479 e. The van der Waals surface area contributed by atoms with Gasteiger partial charge in [-0.05, 0) is 49.5 Å². The summed E-state index contributed by atoms with van der Waals surface area (Å²) in [5.74, 6) is 1.65. The first kappa shape index (κ1) is 15.8. The summed E-state index contributed by atoms with van der Waals surface area (Å²) >= 11 is 0. The van der Waals surface area contributed by atoms with Gasteiger partial charge >= 0.3 is 0 Å². The van der Waals surface area contributed by atoms with Crippen molar-refractivity contribution in [2.45, 2.75) is 26.3 Å². The van der Waals surface area contributed by atoms with Crippen LogP contribution in [0.4, 0.5) is 0 Å². The Morgan fingerprint density at radius 3 is 2.67 bits per heavy atom. The Labute approximate surface area is 127 Å². The van der Waals surface area contributed by atoms with E-state index >= 15 is 0 Å². The summed E-state index contributed by atoms with van der Waals surface area (Å²) in [7, 11) is 0. The van der Waals surface area contributed by atoms with Gasteiger partial charge in [0, 0.05) is 19.6 Å². The number of ether oxygens (including phenoxy) is 1. The van der Waals surface area contributed by atoms with Gasteiger partial charge in [-0.1, -0.05) is 19.1 Å². The Morgan fingerprint density at radius 2 is 2.00 bits per heavy atom. The lowest BCUT2D eigenvalue weighted by molar-refractivity contribution is 0.193. The standard InChI is InChI=1S/C17H25N3O/c1-15-6-10-20(11-7-15)12-9-19-14-16-2-4-17(5-3-16)21-13-8-18/h2-5,15,19H,6-7,9-14H2,1H3. The third-order valence-electron chi connectivity index (χ3n) is 4.04. The molecule has 0 bridgehead atoms. The molecule has 1 fully saturated rings. The van der Waals surface area contributed by atoms with E-state index in [1.165, 1.54) is 31.5 Å². The molecular weight excluding hydrogens is 262 g/mol. The molecule has 1 N–H and O–H groups in total. The SMILES string of the molecule is CC1CCN(CCNCc2ccc(OCC#N)cc2)CC1. The van der Waals surface area contributed by atoms with Crippen molar-refractivity contribution in [2.75, 3.05) is 32.8 Å². The Bertz CT molecular complexity index is 444. The minimum absolute atomic E-state index is 0.103. The van der Waals surface area contributed by atoms with Gasteiger partial charge in [-0.2, -0.15) is 5.26 Å². The summed E-state index contributed by atoms with van der Waals surface area (Å²) in [5.41, 5.74) is 1.24. The van der Waals surface area contributed by atoms with Gasteiger partial charge in [0.05, 0.1) is 0 Å². The maximum atomic E-state index is 8.46. The average Bonchev–Trinajstić information content (AvgIpc) is 2.52. The molecule has 1 aromatic carbocycles. The smallest absolute Gasteiger partial charge is 0.174 e. The number of piperidine rings is 1. The molecule has 0 unspecified atom stereocenters. The molecule has 0 aliphatic carbocycles. The number of nitrogens with zero attached hydrogens (tertiary/aromatic N) is 2. The number of rotatable bonds is 7. The van der Waals surface area contributed by atoms with Crippen LogP contribution >= 0.6 is 0 Å². The van der Waals surface area contributed by atoms with Crippen LogP contribution in [0.5, 0.6) is 5.75 Å². The molecule has 4 heteroatoms. The fourth-order valence-electron chi connectivity index (χ4n) is 2.57. The topological polar surface area (TPSA) is 48.3 Å². The third kappa shape index (κ3) is 5.74. The minimum atomic E-state index is 0.103. The van der Waals surface area contributed by atoms with Crippen LogP contribution in [0, 0.1) is 17.2 Å². The fourth-order valence-corrected chi connectivity index (χ4v) is 2.57. The second-order valence-electron chi connectivity index (χ2n) is 5.79. The molecule has 1 saturated heterocycles. The summed E-state index contributed by atoms with van der Waals surface area (Å²) in [4.78, 5) is 2.55. The molecule has 0 aromatic heterocycles. The van der Waals surface area contributed by atoms with Gasteiger partial charge in [0.1, 0.15) is 11.8 Å². The van der Waals surface area contributed by atoms with Gasteiger partial charge in [0.15, 0.2) is 6.61 Å². The van der Waals surface area contributed by atoms with Crippen molar-refractivity contribution in [3.63, 3.8) is 0 Å². The first-order valence-electron chi connectivity index (χ1n) is 7.79. The van der Waals surface area contributed by atoms with Crippen molar-refractivity contribution >= 4 is 0 Å². The van der Waals surface area contributed by atoms with Crippen molar-refractivity contribution in [1.29, 1.82) is 5.26 Å². The molecule has 0 radical (unpaired) electrons. The van der Waals surface area contributed by atoms with Crippen LogP contribution < -0.4 is 10.1 Å². The summed E-state index contributed by atoms with van der Waals surface area (Å²) in [5, 5.41) is 11.9. The average molecular weight is 287 g/mol.